The molecule has 6 unspecified atom stereocenters. The smallest absolute Gasteiger partial charge is 0.397 e. The third-order valence-corrected chi connectivity index (χ3v) is 11.7. The van der Waals surface area contributed by atoms with E-state index in [-0.39, 0.29) is 19.6 Å². The molecule has 63 heavy (non-hydrogen) atoms. The Balaban J connectivity index is 2.38. The summed E-state index contributed by atoms with van der Waals surface area (Å²) in [6.07, 6.45) is 41.4. The molecule has 1 heterocycles. The van der Waals surface area contributed by atoms with E-state index in [4.69, 9.17) is 18.9 Å². The van der Waals surface area contributed by atoms with Gasteiger partial charge in [-0.05, 0) is 70.6 Å². The van der Waals surface area contributed by atoms with Crippen LogP contribution in [0.25, 0.3) is 0 Å². The molecule has 6 atom stereocenters. The molecule has 0 amide bonds. The number of ether oxygens (including phenoxy) is 4. The van der Waals surface area contributed by atoms with Crippen molar-refractivity contribution in [2.45, 2.75) is 237 Å². The van der Waals surface area contributed by atoms with Gasteiger partial charge in [0.15, 0.2) is 6.29 Å². The van der Waals surface area contributed by atoms with Crippen molar-refractivity contribution < 1.29 is 56.2 Å². The minimum absolute atomic E-state index is 0.0293. The number of aliphatic hydroxyl groups is 3. The van der Waals surface area contributed by atoms with Crippen LogP contribution in [-0.4, -0.2) is 97.5 Å². The third-order valence-electron chi connectivity index (χ3n) is 11.2. The molecular weight excluding hydrogens is 825 g/mol. The molecule has 1 aliphatic rings. The van der Waals surface area contributed by atoms with Gasteiger partial charge in [0.05, 0.1) is 19.8 Å². The fourth-order valence-corrected chi connectivity index (χ4v) is 7.96. The lowest BCUT2D eigenvalue weighted by atomic mass is 9.99. The summed E-state index contributed by atoms with van der Waals surface area (Å²) in [5.74, 6) is -0.410. The molecule has 0 spiro atoms. The molecule has 4 N–H and O–H groups in total. The largest absolute Gasteiger partial charge is 0.457 e. The van der Waals surface area contributed by atoms with Crippen LogP contribution in [0.4, 0.5) is 0 Å². The minimum atomic E-state index is -5.07. The Morgan fingerprint density at radius 3 is 1.62 bits per heavy atom. The van der Waals surface area contributed by atoms with Crippen molar-refractivity contribution in [3.05, 3.63) is 48.6 Å². The van der Waals surface area contributed by atoms with Gasteiger partial charge in [-0.15, -0.1) is 0 Å². The second kappa shape index (κ2) is 41.5. The van der Waals surface area contributed by atoms with Crippen LogP contribution in [0.3, 0.4) is 0 Å². The molecule has 12 nitrogen and oxygen atoms in total. The molecule has 1 fully saturated rings. The second-order valence-corrected chi connectivity index (χ2v) is 18.1. The van der Waals surface area contributed by atoms with Crippen molar-refractivity contribution in [2.24, 2.45) is 0 Å². The monoisotopic (exact) mass is 915 g/mol. The standard InChI is InChI=1S/C50H90O12S/c1-3-5-7-9-11-13-15-17-19-21-22-24-26-28-30-32-34-36-38-40-58-42-44(43-59-50-48(54)49(62-63(55,56)57)47(53)45(41-51)61-50)60-46(52)39-37-35-33-31-29-27-25-23-20-18-16-14-12-10-8-6-4-2/h6,8,12,14,18-21,44-45,47-51,53-54H,3-5,7,9-11,13,15-17,22-43H2,1-2H3,(H,55,56,57)/b8-6-,14-12-,20-18-,21-19-. The highest BCUT2D eigenvalue weighted by molar-refractivity contribution is 7.80. The first-order valence-corrected chi connectivity index (χ1v) is 26.3. The zero-order chi connectivity index (χ0) is 46.1. The molecule has 0 aliphatic carbocycles. The zero-order valence-electron chi connectivity index (χ0n) is 39.4. The Morgan fingerprint density at radius 2 is 1.10 bits per heavy atom. The highest BCUT2D eigenvalue weighted by Gasteiger charge is 2.48. The lowest BCUT2D eigenvalue weighted by Crippen LogP contribution is -2.60. The average molecular weight is 915 g/mol. The number of aliphatic hydroxyl groups excluding tert-OH is 3. The van der Waals surface area contributed by atoms with E-state index in [1.54, 1.807) is 0 Å². The fourth-order valence-electron chi connectivity index (χ4n) is 7.45. The van der Waals surface area contributed by atoms with E-state index in [9.17, 15) is 33.1 Å². The SMILES string of the molecule is CC/C=C\C/C=C\C/C=C\CCCCCCCCCC(=O)OC(COCCCCCCCCCC/C=C\CCCCCCCCC)COC1OC(CO)C(O)C(OS(=O)(=O)O)C1O. The van der Waals surface area contributed by atoms with Gasteiger partial charge in [0.25, 0.3) is 0 Å². The summed E-state index contributed by atoms with van der Waals surface area (Å²) in [4.78, 5) is 12.9. The number of carbonyl (C=O) groups excluding carboxylic acids is 1. The Morgan fingerprint density at radius 1 is 0.619 bits per heavy atom. The normalized spacial score (nSPS) is 20.3. The number of hydrogen-bond donors (Lipinski definition) is 4. The van der Waals surface area contributed by atoms with E-state index in [1.165, 1.54) is 103 Å². The van der Waals surface area contributed by atoms with Gasteiger partial charge in [-0.25, -0.2) is 4.18 Å². The van der Waals surface area contributed by atoms with Crippen molar-refractivity contribution >= 4 is 16.4 Å². The van der Waals surface area contributed by atoms with Gasteiger partial charge in [0, 0.05) is 13.0 Å². The molecule has 0 radical (unpaired) electrons. The maximum absolute atomic E-state index is 12.9. The van der Waals surface area contributed by atoms with Crippen molar-refractivity contribution in [1.29, 1.82) is 0 Å². The first-order chi connectivity index (χ1) is 30.6. The van der Waals surface area contributed by atoms with Crippen molar-refractivity contribution in [3.63, 3.8) is 0 Å². The van der Waals surface area contributed by atoms with Crippen LogP contribution in [0.2, 0.25) is 0 Å². The molecule has 368 valence electrons. The van der Waals surface area contributed by atoms with Gasteiger partial charge in [0.1, 0.15) is 30.5 Å². The Labute approximate surface area is 383 Å². The predicted octanol–water partition coefficient (Wildman–Crippen LogP) is 11.1. The first-order valence-electron chi connectivity index (χ1n) is 24.9. The summed E-state index contributed by atoms with van der Waals surface area (Å²) < 4.78 is 59.2. The maximum atomic E-state index is 12.9. The summed E-state index contributed by atoms with van der Waals surface area (Å²) >= 11 is 0. The van der Waals surface area contributed by atoms with E-state index >= 15 is 0 Å². The molecule has 1 rings (SSSR count). The van der Waals surface area contributed by atoms with Crippen LogP contribution in [0, 0.1) is 0 Å². The first kappa shape index (κ1) is 59.1. The number of unbranched alkanes of at least 4 members (excludes halogenated alkanes) is 22. The maximum Gasteiger partial charge on any atom is 0.397 e. The van der Waals surface area contributed by atoms with Gasteiger partial charge < -0.3 is 34.3 Å². The van der Waals surface area contributed by atoms with Crippen LogP contribution in [0.15, 0.2) is 48.6 Å². The second-order valence-electron chi connectivity index (χ2n) is 17.0. The summed E-state index contributed by atoms with van der Waals surface area (Å²) in [5, 5.41) is 30.7. The quantitative estimate of drug-likeness (QED) is 0.0197. The van der Waals surface area contributed by atoms with Crippen LogP contribution >= 0.6 is 0 Å². The molecular formula is C50H90O12S. The van der Waals surface area contributed by atoms with Gasteiger partial charge in [-0.2, -0.15) is 8.42 Å². The van der Waals surface area contributed by atoms with Crippen LogP contribution in [-0.2, 0) is 38.3 Å². The highest BCUT2D eigenvalue weighted by atomic mass is 32.3. The zero-order valence-corrected chi connectivity index (χ0v) is 40.2. The fraction of sp³-hybridized carbons (Fsp3) is 0.820. The molecule has 0 aromatic carbocycles. The Kier molecular flexibility index (Phi) is 38.9. The van der Waals surface area contributed by atoms with Crippen molar-refractivity contribution in [1.82, 2.24) is 0 Å². The van der Waals surface area contributed by atoms with E-state index in [2.05, 4.69) is 66.6 Å². The van der Waals surface area contributed by atoms with Crippen molar-refractivity contribution in [2.75, 3.05) is 26.4 Å². The topological polar surface area (TPSA) is 178 Å². The summed E-state index contributed by atoms with van der Waals surface area (Å²) in [6, 6.07) is 0. The Hall–Kier alpha value is -1.94. The summed E-state index contributed by atoms with van der Waals surface area (Å²) in [5.41, 5.74) is 0. The number of carbonyl (C=O) groups is 1. The molecule has 0 aromatic heterocycles. The van der Waals surface area contributed by atoms with Crippen LogP contribution < -0.4 is 0 Å². The van der Waals surface area contributed by atoms with E-state index in [0.29, 0.717) is 13.0 Å². The number of hydrogen-bond acceptors (Lipinski definition) is 11. The van der Waals surface area contributed by atoms with Gasteiger partial charge in [0.2, 0.25) is 0 Å². The third kappa shape index (κ3) is 35.0. The lowest BCUT2D eigenvalue weighted by Gasteiger charge is -2.41. The molecule has 0 bridgehead atoms. The molecule has 1 saturated heterocycles. The highest BCUT2D eigenvalue weighted by Crippen LogP contribution is 2.26. The molecule has 0 aromatic rings. The summed E-state index contributed by atoms with van der Waals surface area (Å²) in [7, 11) is -5.07. The van der Waals surface area contributed by atoms with Gasteiger partial charge >= 0.3 is 16.4 Å². The van der Waals surface area contributed by atoms with Gasteiger partial charge in [-0.1, -0.05) is 172 Å². The molecule has 1 aliphatic heterocycles. The van der Waals surface area contributed by atoms with Crippen LogP contribution in [0.5, 0.6) is 0 Å². The molecule has 0 saturated carbocycles. The lowest BCUT2D eigenvalue weighted by molar-refractivity contribution is -0.301. The van der Waals surface area contributed by atoms with E-state index < -0.39 is 59.8 Å². The van der Waals surface area contributed by atoms with Gasteiger partial charge in [-0.3, -0.25) is 9.35 Å². The summed E-state index contributed by atoms with van der Waals surface area (Å²) in [6.45, 7) is 3.87. The number of allylic oxidation sites excluding steroid dienone is 8. The Bertz CT molecular complexity index is 1290. The minimum Gasteiger partial charge on any atom is -0.457 e. The number of rotatable bonds is 43. The van der Waals surface area contributed by atoms with E-state index in [1.807, 2.05) is 0 Å². The number of esters is 1. The average Bonchev–Trinajstić information content (AvgIpc) is 3.26. The van der Waals surface area contributed by atoms with E-state index in [0.717, 1.165) is 70.6 Å². The van der Waals surface area contributed by atoms with Crippen LogP contribution in [0.1, 0.15) is 200 Å². The van der Waals surface area contributed by atoms with Crippen molar-refractivity contribution in [3.8, 4) is 0 Å². The molecule has 13 heteroatoms. The predicted molar refractivity (Wildman–Crippen MR) is 253 cm³/mol.